The van der Waals surface area contributed by atoms with Gasteiger partial charge in [0.15, 0.2) is 0 Å². The molecule has 0 saturated heterocycles. The van der Waals surface area contributed by atoms with Gasteiger partial charge in [-0.2, -0.15) is 0 Å². The maximum absolute atomic E-state index is 11.0. The molecule has 2 atom stereocenters. The lowest BCUT2D eigenvalue weighted by molar-refractivity contribution is 0.618. The lowest BCUT2D eigenvalue weighted by atomic mass is 10.3. The Balaban J connectivity index is 2.08. The van der Waals surface area contributed by atoms with Gasteiger partial charge in [0.25, 0.3) is 0 Å². The first kappa shape index (κ1) is 11.4. The van der Waals surface area contributed by atoms with Crippen molar-refractivity contribution in [3.8, 4) is 0 Å². The Hall–Kier alpha value is -0.680. The van der Waals surface area contributed by atoms with Crippen LogP contribution in [-0.4, -0.2) is 32.2 Å². The fourth-order valence-electron chi connectivity index (χ4n) is 1.07. The number of aromatic nitrogens is 2. The molecule has 0 bridgehead atoms. The molecule has 0 spiro atoms. The lowest BCUT2D eigenvalue weighted by Crippen LogP contribution is -2.21. The van der Waals surface area contributed by atoms with Crippen molar-refractivity contribution in [2.45, 2.75) is 25.1 Å². The van der Waals surface area contributed by atoms with Crippen molar-refractivity contribution in [2.24, 2.45) is 0 Å². The molecule has 1 rings (SSSR count). The van der Waals surface area contributed by atoms with Crippen molar-refractivity contribution in [3.63, 3.8) is 0 Å². The number of H-pyrrole nitrogens is 1. The number of rotatable bonds is 6. The Morgan fingerprint density at radius 3 is 3.07 bits per heavy atom. The number of nitrogens with one attached hydrogen (secondary N) is 2. The summed E-state index contributed by atoms with van der Waals surface area (Å²) in [4.78, 5) is 7.10. The monoisotopic (exact) mass is 215 g/mol. The summed E-state index contributed by atoms with van der Waals surface area (Å²) in [6.07, 6.45) is 6.22. The number of imidazole rings is 1. The van der Waals surface area contributed by atoms with Crippen LogP contribution in [0.25, 0.3) is 0 Å². The first-order valence-corrected chi connectivity index (χ1v) is 6.33. The van der Waals surface area contributed by atoms with Gasteiger partial charge in [-0.25, -0.2) is 4.98 Å². The van der Waals surface area contributed by atoms with Crippen molar-refractivity contribution >= 4 is 10.8 Å². The van der Waals surface area contributed by atoms with Crippen LogP contribution < -0.4 is 5.32 Å². The van der Waals surface area contributed by atoms with Gasteiger partial charge < -0.3 is 10.3 Å². The highest BCUT2D eigenvalue weighted by molar-refractivity contribution is 7.84. The smallest absolute Gasteiger partial charge is 0.120 e. The van der Waals surface area contributed by atoms with Crippen LogP contribution in [0.2, 0.25) is 0 Å². The molecule has 0 radical (unpaired) electrons. The minimum absolute atomic E-state index is 0.263. The molecule has 1 aromatic rings. The van der Waals surface area contributed by atoms with Crippen LogP contribution in [0.5, 0.6) is 0 Å². The zero-order valence-electron chi connectivity index (χ0n) is 8.62. The Kier molecular flexibility index (Phi) is 4.82. The highest BCUT2D eigenvalue weighted by atomic mass is 32.2. The fourth-order valence-corrected chi connectivity index (χ4v) is 1.52. The van der Waals surface area contributed by atoms with E-state index in [-0.39, 0.29) is 5.25 Å². The Bertz CT molecular complexity index is 274. The van der Waals surface area contributed by atoms with E-state index in [0.717, 1.165) is 25.3 Å². The number of aromatic amines is 1. The van der Waals surface area contributed by atoms with E-state index in [2.05, 4.69) is 15.3 Å². The van der Waals surface area contributed by atoms with Crippen molar-refractivity contribution in [1.82, 2.24) is 15.3 Å². The number of nitrogens with zero attached hydrogens (tertiary/aromatic N) is 1. The Morgan fingerprint density at radius 1 is 1.71 bits per heavy atom. The maximum Gasteiger partial charge on any atom is 0.120 e. The third kappa shape index (κ3) is 4.02. The highest BCUT2D eigenvalue weighted by Crippen LogP contribution is 1.97. The second-order valence-corrected chi connectivity index (χ2v) is 5.11. The first-order chi connectivity index (χ1) is 6.70. The Morgan fingerprint density at radius 2 is 2.50 bits per heavy atom. The van der Waals surface area contributed by atoms with Crippen LogP contribution in [0.15, 0.2) is 12.4 Å². The lowest BCUT2D eigenvalue weighted by Gasteiger charge is -2.07. The molecule has 0 fully saturated rings. The molecule has 4 nitrogen and oxygen atoms in total. The summed E-state index contributed by atoms with van der Waals surface area (Å²) in [5.41, 5.74) is 0. The van der Waals surface area contributed by atoms with E-state index in [0.29, 0.717) is 0 Å². The third-order valence-corrected chi connectivity index (χ3v) is 3.51. The predicted molar refractivity (Wildman–Crippen MR) is 58.4 cm³/mol. The van der Waals surface area contributed by atoms with Crippen molar-refractivity contribution in [1.29, 1.82) is 0 Å². The van der Waals surface area contributed by atoms with Crippen molar-refractivity contribution in [2.75, 3.05) is 12.8 Å². The second-order valence-electron chi connectivity index (χ2n) is 3.31. The third-order valence-electron chi connectivity index (χ3n) is 2.14. The predicted octanol–water partition coefficient (Wildman–Crippen LogP) is 0.656. The molecule has 2 N–H and O–H groups in total. The molecule has 5 heteroatoms. The van der Waals surface area contributed by atoms with E-state index in [1.165, 1.54) is 0 Å². The van der Waals surface area contributed by atoms with E-state index < -0.39 is 10.8 Å². The van der Waals surface area contributed by atoms with Crippen LogP contribution in [0.3, 0.4) is 0 Å². The molecule has 1 aromatic heterocycles. The summed E-state index contributed by atoms with van der Waals surface area (Å²) in [6, 6.07) is 0. The standard InChI is InChI=1S/C9H17N3OS/c1-8(14(2)13)3-4-10-7-9-11-5-6-12-9/h5-6,8,10H,3-4,7H2,1-2H3,(H,11,12). The molecule has 0 saturated carbocycles. The van der Waals surface area contributed by atoms with Gasteiger partial charge in [-0.3, -0.25) is 4.21 Å². The van der Waals surface area contributed by atoms with Crippen molar-refractivity contribution in [3.05, 3.63) is 18.2 Å². The molecule has 0 aliphatic heterocycles. The average molecular weight is 215 g/mol. The summed E-state index contributed by atoms with van der Waals surface area (Å²) in [5, 5.41) is 3.51. The Labute approximate surface area is 87.0 Å². The van der Waals surface area contributed by atoms with Gasteiger partial charge in [-0.05, 0) is 13.0 Å². The van der Waals surface area contributed by atoms with Gasteiger partial charge in [0.1, 0.15) is 5.82 Å². The van der Waals surface area contributed by atoms with Crippen LogP contribution in [0.1, 0.15) is 19.2 Å². The van der Waals surface area contributed by atoms with Crippen LogP contribution in [0.4, 0.5) is 0 Å². The van der Waals surface area contributed by atoms with Gasteiger partial charge >= 0.3 is 0 Å². The molecule has 0 aliphatic carbocycles. The van der Waals surface area contributed by atoms with Crippen LogP contribution in [-0.2, 0) is 17.3 Å². The maximum atomic E-state index is 11.0. The van der Waals surface area contributed by atoms with Gasteiger partial charge in [0.2, 0.25) is 0 Å². The second kappa shape index (κ2) is 5.93. The van der Waals surface area contributed by atoms with Gasteiger partial charge in [0, 0.05) is 34.7 Å². The molecule has 1 heterocycles. The minimum atomic E-state index is -0.714. The molecule has 80 valence electrons. The van der Waals surface area contributed by atoms with E-state index in [1.807, 2.05) is 6.92 Å². The van der Waals surface area contributed by atoms with Gasteiger partial charge in [0.05, 0.1) is 6.54 Å². The molecule has 0 aliphatic rings. The van der Waals surface area contributed by atoms with E-state index >= 15 is 0 Å². The summed E-state index contributed by atoms with van der Waals surface area (Å²) < 4.78 is 11.0. The van der Waals surface area contributed by atoms with Gasteiger partial charge in [-0.1, -0.05) is 6.92 Å². The summed E-state index contributed by atoms with van der Waals surface area (Å²) in [7, 11) is -0.714. The van der Waals surface area contributed by atoms with E-state index in [9.17, 15) is 4.21 Å². The minimum Gasteiger partial charge on any atom is -0.348 e. The zero-order valence-corrected chi connectivity index (χ0v) is 9.43. The molecule has 0 amide bonds. The van der Waals surface area contributed by atoms with E-state index in [4.69, 9.17) is 0 Å². The van der Waals surface area contributed by atoms with Crippen LogP contribution in [0, 0.1) is 0 Å². The molecule has 2 unspecified atom stereocenters. The fraction of sp³-hybridized carbons (Fsp3) is 0.667. The summed E-state index contributed by atoms with van der Waals surface area (Å²) >= 11 is 0. The summed E-state index contributed by atoms with van der Waals surface area (Å²) in [6.45, 7) is 3.63. The summed E-state index contributed by atoms with van der Waals surface area (Å²) in [5.74, 6) is 0.940. The largest absolute Gasteiger partial charge is 0.348 e. The molecule has 14 heavy (non-hydrogen) atoms. The highest BCUT2D eigenvalue weighted by Gasteiger charge is 2.04. The zero-order chi connectivity index (χ0) is 10.4. The van der Waals surface area contributed by atoms with Gasteiger partial charge in [-0.15, -0.1) is 0 Å². The first-order valence-electron chi connectivity index (χ1n) is 4.71. The SMILES string of the molecule is CC(CCNCc1ncc[nH]1)S(C)=O. The van der Waals surface area contributed by atoms with Crippen LogP contribution >= 0.6 is 0 Å². The number of hydrogen-bond donors (Lipinski definition) is 2. The molecular weight excluding hydrogens is 198 g/mol. The molecular formula is C9H17N3OS. The van der Waals surface area contributed by atoms with E-state index in [1.54, 1.807) is 18.6 Å². The topological polar surface area (TPSA) is 57.8 Å². The quantitative estimate of drug-likeness (QED) is 0.685. The van der Waals surface area contributed by atoms with Crippen molar-refractivity contribution < 1.29 is 4.21 Å². The molecule has 0 aromatic carbocycles. The number of hydrogen-bond acceptors (Lipinski definition) is 3. The average Bonchev–Trinajstić information content (AvgIpc) is 2.64. The normalized spacial score (nSPS) is 15.3.